The third-order valence-corrected chi connectivity index (χ3v) is 4.01. The SMILES string of the molecule is O=C(C[C@@H]1COCCN1C(=O)c1ccncc1Cl)c1ccco1. The van der Waals surface area contributed by atoms with Gasteiger partial charge in [-0.1, -0.05) is 11.6 Å². The maximum absolute atomic E-state index is 12.7. The van der Waals surface area contributed by atoms with Gasteiger partial charge in [-0.2, -0.15) is 0 Å². The number of furan rings is 1. The molecule has 7 heteroatoms. The van der Waals surface area contributed by atoms with Crippen LogP contribution in [0.5, 0.6) is 0 Å². The van der Waals surface area contributed by atoms with Crippen molar-refractivity contribution in [2.24, 2.45) is 0 Å². The Morgan fingerprint density at radius 3 is 3.00 bits per heavy atom. The third kappa shape index (κ3) is 3.43. The van der Waals surface area contributed by atoms with Gasteiger partial charge in [-0.3, -0.25) is 14.6 Å². The lowest BCUT2D eigenvalue weighted by atomic mass is 10.1. The van der Waals surface area contributed by atoms with E-state index < -0.39 is 0 Å². The molecule has 0 N–H and O–H groups in total. The zero-order valence-corrected chi connectivity index (χ0v) is 13.0. The van der Waals surface area contributed by atoms with Gasteiger partial charge in [-0.05, 0) is 18.2 Å². The highest BCUT2D eigenvalue weighted by Gasteiger charge is 2.31. The molecule has 0 radical (unpaired) electrons. The molecule has 1 saturated heterocycles. The molecule has 1 atom stereocenters. The predicted molar refractivity (Wildman–Crippen MR) is 82.5 cm³/mol. The van der Waals surface area contributed by atoms with Gasteiger partial charge in [0.2, 0.25) is 0 Å². The number of hydrogen-bond acceptors (Lipinski definition) is 5. The van der Waals surface area contributed by atoms with E-state index in [0.717, 1.165) is 0 Å². The number of halogens is 1. The summed E-state index contributed by atoms with van der Waals surface area (Å²) < 4.78 is 10.5. The molecular formula is C16H15ClN2O4. The van der Waals surface area contributed by atoms with Crippen LogP contribution in [0.25, 0.3) is 0 Å². The summed E-state index contributed by atoms with van der Waals surface area (Å²) in [6.45, 7) is 1.15. The monoisotopic (exact) mass is 334 g/mol. The standard InChI is InChI=1S/C16H15ClN2O4/c17-13-9-18-4-3-12(13)16(21)19-5-7-22-10-11(19)8-14(20)15-2-1-6-23-15/h1-4,6,9,11H,5,7-8,10H2/t11-/m1/s1. The number of Topliss-reactive ketones (excluding diaryl/α,β-unsaturated/α-hetero) is 1. The summed E-state index contributed by atoms with van der Waals surface area (Å²) in [5, 5.41) is 0.292. The molecule has 0 aromatic carbocycles. The van der Waals surface area contributed by atoms with Crippen LogP contribution in [-0.2, 0) is 4.74 Å². The zero-order chi connectivity index (χ0) is 16.2. The van der Waals surface area contributed by atoms with Gasteiger partial charge in [0.05, 0.1) is 36.1 Å². The lowest BCUT2D eigenvalue weighted by Gasteiger charge is -2.35. The first kappa shape index (κ1) is 15.7. The minimum absolute atomic E-state index is 0.141. The number of rotatable bonds is 4. The molecule has 1 aliphatic rings. The first-order chi connectivity index (χ1) is 11.2. The second-order valence-corrected chi connectivity index (χ2v) is 5.59. The second-order valence-electron chi connectivity index (χ2n) is 5.19. The Kier molecular flexibility index (Phi) is 4.73. The molecule has 0 aliphatic carbocycles. The van der Waals surface area contributed by atoms with Crippen LogP contribution in [0.1, 0.15) is 27.3 Å². The number of hydrogen-bond donors (Lipinski definition) is 0. The molecule has 0 saturated carbocycles. The van der Waals surface area contributed by atoms with Crippen molar-refractivity contribution in [1.29, 1.82) is 0 Å². The Hall–Kier alpha value is -2.18. The van der Waals surface area contributed by atoms with Gasteiger partial charge in [0.1, 0.15) is 0 Å². The molecule has 120 valence electrons. The number of carbonyl (C=O) groups is 2. The minimum Gasteiger partial charge on any atom is -0.461 e. The van der Waals surface area contributed by atoms with Gasteiger partial charge in [0.25, 0.3) is 5.91 Å². The molecule has 1 aliphatic heterocycles. The van der Waals surface area contributed by atoms with Crippen LogP contribution in [0.3, 0.4) is 0 Å². The summed E-state index contributed by atoms with van der Waals surface area (Å²) in [7, 11) is 0. The average molecular weight is 335 g/mol. The second kappa shape index (κ2) is 6.93. The highest BCUT2D eigenvalue weighted by molar-refractivity contribution is 6.33. The van der Waals surface area contributed by atoms with E-state index in [0.29, 0.717) is 30.3 Å². The Labute approximate surface area is 138 Å². The van der Waals surface area contributed by atoms with Crippen molar-refractivity contribution in [2.75, 3.05) is 19.8 Å². The Morgan fingerprint density at radius 1 is 1.39 bits per heavy atom. The molecular weight excluding hydrogens is 320 g/mol. The first-order valence-corrected chi connectivity index (χ1v) is 7.59. The van der Waals surface area contributed by atoms with E-state index in [9.17, 15) is 9.59 Å². The number of pyridine rings is 1. The lowest BCUT2D eigenvalue weighted by molar-refractivity contribution is -0.00302. The van der Waals surface area contributed by atoms with Gasteiger partial charge < -0.3 is 14.1 Å². The van der Waals surface area contributed by atoms with Crippen LogP contribution in [0.15, 0.2) is 41.3 Å². The number of amides is 1. The van der Waals surface area contributed by atoms with Gasteiger partial charge in [0.15, 0.2) is 11.5 Å². The van der Waals surface area contributed by atoms with E-state index in [1.807, 2.05) is 0 Å². The number of morpholine rings is 1. The van der Waals surface area contributed by atoms with E-state index in [4.69, 9.17) is 20.8 Å². The molecule has 1 fully saturated rings. The summed E-state index contributed by atoms with van der Waals surface area (Å²) in [4.78, 5) is 30.5. The number of nitrogens with zero attached hydrogens (tertiary/aromatic N) is 2. The molecule has 23 heavy (non-hydrogen) atoms. The minimum atomic E-state index is -0.349. The molecule has 0 unspecified atom stereocenters. The van der Waals surface area contributed by atoms with Crippen LogP contribution in [0.4, 0.5) is 0 Å². The molecule has 2 aromatic rings. The molecule has 6 nitrogen and oxygen atoms in total. The van der Waals surface area contributed by atoms with Crippen LogP contribution < -0.4 is 0 Å². The van der Waals surface area contributed by atoms with Gasteiger partial charge in [0, 0.05) is 25.4 Å². The van der Waals surface area contributed by atoms with E-state index in [2.05, 4.69) is 4.98 Å². The third-order valence-electron chi connectivity index (χ3n) is 3.71. The maximum Gasteiger partial charge on any atom is 0.255 e. The van der Waals surface area contributed by atoms with Gasteiger partial charge >= 0.3 is 0 Å². The van der Waals surface area contributed by atoms with Crippen molar-refractivity contribution >= 4 is 23.3 Å². The first-order valence-electron chi connectivity index (χ1n) is 7.21. The molecule has 3 heterocycles. The number of ether oxygens (including phenoxy) is 1. The predicted octanol–water partition coefficient (Wildman–Crippen LogP) is 2.44. The number of carbonyl (C=O) groups excluding carboxylic acids is 2. The van der Waals surface area contributed by atoms with Crippen molar-refractivity contribution in [3.05, 3.63) is 53.2 Å². The normalized spacial score (nSPS) is 18.0. The molecule has 0 spiro atoms. The number of ketones is 1. The highest BCUT2D eigenvalue weighted by atomic mass is 35.5. The summed E-state index contributed by atoms with van der Waals surface area (Å²) >= 11 is 6.05. The van der Waals surface area contributed by atoms with E-state index in [1.54, 1.807) is 23.1 Å². The molecule has 3 rings (SSSR count). The Bertz CT molecular complexity index is 702. The summed E-state index contributed by atoms with van der Waals surface area (Å²) in [5.74, 6) is -0.105. The fourth-order valence-electron chi connectivity index (χ4n) is 2.55. The van der Waals surface area contributed by atoms with Crippen molar-refractivity contribution in [3.63, 3.8) is 0 Å². The summed E-state index contributed by atoms with van der Waals surface area (Å²) in [5.41, 5.74) is 0.374. The Morgan fingerprint density at radius 2 is 2.26 bits per heavy atom. The highest BCUT2D eigenvalue weighted by Crippen LogP contribution is 2.21. The van der Waals surface area contributed by atoms with E-state index in [1.165, 1.54) is 18.7 Å². The topological polar surface area (TPSA) is 72.6 Å². The van der Waals surface area contributed by atoms with Crippen LogP contribution in [0.2, 0.25) is 5.02 Å². The molecule has 2 aromatic heterocycles. The fourth-order valence-corrected chi connectivity index (χ4v) is 2.75. The van der Waals surface area contributed by atoms with Crippen LogP contribution in [0, 0.1) is 0 Å². The van der Waals surface area contributed by atoms with Gasteiger partial charge in [-0.15, -0.1) is 0 Å². The summed E-state index contributed by atoms with van der Waals surface area (Å²) in [6.07, 6.45) is 4.53. The lowest BCUT2D eigenvalue weighted by Crippen LogP contribution is -2.49. The van der Waals surface area contributed by atoms with Crippen molar-refractivity contribution < 1.29 is 18.7 Å². The molecule has 1 amide bonds. The quantitative estimate of drug-likeness (QED) is 0.803. The summed E-state index contributed by atoms with van der Waals surface area (Å²) in [6, 6.07) is 4.49. The van der Waals surface area contributed by atoms with Crippen molar-refractivity contribution in [1.82, 2.24) is 9.88 Å². The van der Waals surface area contributed by atoms with Gasteiger partial charge in [-0.25, -0.2) is 0 Å². The zero-order valence-electron chi connectivity index (χ0n) is 12.3. The van der Waals surface area contributed by atoms with E-state index >= 15 is 0 Å². The van der Waals surface area contributed by atoms with E-state index in [-0.39, 0.29) is 29.9 Å². The van der Waals surface area contributed by atoms with Crippen LogP contribution in [-0.4, -0.2) is 47.4 Å². The average Bonchev–Trinajstić information content (AvgIpc) is 3.10. The van der Waals surface area contributed by atoms with Crippen molar-refractivity contribution in [2.45, 2.75) is 12.5 Å². The van der Waals surface area contributed by atoms with Crippen molar-refractivity contribution in [3.8, 4) is 0 Å². The largest absolute Gasteiger partial charge is 0.461 e. The molecule has 0 bridgehead atoms. The van der Waals surface area contributed by atoms with Crippen LogP contribution >= 0.6 is 11.6 Å². The Balaban J connectivity index is 1.77. The fraction of sp³-hybridized carbons (Fsp3) is 0.312. The number of aromatic nitrogens is 1. The smallest absolute Gasteiger partial charge is 0.255 e. The maximum atomic E-state index is 12.7.